The first kappa shape index (κ1) is 24.6. The van der Waals surface area contributed by atoms with Gasteiger partial charge in [0.1, 0.15) is 11.2 Å². The van der Waals surface area contributed by atoms with Crippen LogP contribution in [-0.2, 0) is 0 Å². The Morgan fingerprint density at radius 1 is 0.455 bits per heavy atom. The maximum atomic E-state index is 6.54. The highest BCUT2D eigenvalue weighted by molar-refractivity contribution is 6.17. The van der Waals surface area contributed by atoms with Crippen molar-refractivity contribution in [1.29, 1.82) is 0 Å². The van der Waals surface area contributed by atoms with E-state index in [9.17, 15) is 0 Å². The fourth-order valence-electron chi connectivity index (χ4n) is 6.48. The maximum Gasteiger partial charge on any atom is 0.161 e. The molecular weight excluding hydrogens is 538 g/mol. The number of fused-ring (bicyclic) bond motifs is 6. The normalized spacial score (nSPS) is 11.6. The Kier molecular flexibility index (Phi) is 5.47. The molecule has 0 bridgehead atoms. The summed E-state index contributed by atoms with van der Waals surface area (Å²) in [6.45, 7) is 0. The molecule has 0 spiro atoms. The van der Waals surface area contributed by atoms with Crippen LogP contribution in [0.25, 0.3) is 83.3 Å². The molecule has 0 saturated carbocycles. The molecule has 0 atom stereocenters. The highest BCUT2D eigenvalue weighted by Gasteiger charge is 2.21. The molecule has 0 aliphatic rings. The second-order valence-electron chi connectivity index (χ2n) is 11.0. The molecule has 4 heteroatoms. The molecule has 9 aromatic rings. The molecule has 44 heavy (non-hydrogen) atoms. The number of benzene rings is 6. The fraction of sp³-hybridized carbons (Fsp3) is 0. The fourth-order valence-corrected chi connectivity index (χ4v) is 6.48. The molecular formula is C40H25N3O. The number of hydrogen-bond donors (Lipinski definition) is 0. The van der Waals surface area contributed by atoms with Gasteiger partial charge in [-0.15, -0.1) is 0 Å². The van der Waals surface area contributed by atoms with Gasteiger partial charge >= 0.3 is 0 Å². The molecule has 0 aliphatic heterocycles. The minimum absolute atomic E-state index is 0.663. The Labute approximate surface area is 253 Å². The lowest BCUT2D eigenvalue weighted by Gasteiger charge is -2.12. The van der Waals surface area contributed by atoms with Crippen molar-refractivity contribution in [3.05, 3.63) is 152 Å². The van der Waals surface area contributed by atoms with E-state index in [1.54, 1.807) is 0 Å². The summed E-state index contributed by atoms with van der Waals surface area (Å²) in [5, 5.41) is 4.49. The van der Waals surface area contributed by atoms with Crippen molar-refractivity contribution in [2.45, 2.75) is 0 Å². The minimum Gasteiger partial charge on any atom is -0.456 e. The molecule has 0 radical (unpaired) electrons. The molecule has 4 nitrogen and oxygen atoms in total. The van der Waals surface area contributed by atoms with E-state index in [2.05, 4.69) is 102 Å². The van der Waals surface area contributed by atoms with Gasteiger partial charge in [0, 0.05) is 32.8 Å². The van der Waals surface area contributed by atoms with E-state index in [0.29, 0.717) is 5.82 Å². The third-order valence-electron chi connectivity index (χ3n) is 8.43. The summed E-state index contributed by atoms with van der Waals surface area (Å²) in [7, 11) is 0. The van der Waals surface area contributed by atoms with E-state index in [0.717, 1.165) is 66.7 Å². The van der Waals surface area contributed by atoms with Crippen LogP contribution in [-0.4, -0.2) is 14.5 Å². The van der Waals surface area contributed by atoms with Gasteiger partial charge in [-0.25, -0.2) is 9.97 Å². The second kappa shape index (κ2) is 9.79. The van der Waals surface area contributed by atoms with Crippen molar-refractivity contribution >= 4 is 43.7 Å². The van der Waals surface area contributed by atoms with Gasteiger partial charge in [-0.2, -0.15) is 0 Å². The van der Waals surface area contributed by atoms with Crippen LogP contribution in [0.5, 0.6) is 0 Å². The first-order chi connectivity index (χ1) is 21.8. The first-order valence-electron chi connectivity index (χ1n) is 14.8. The molecule has 3 heterocycles. The summed E-state index contributed by atoms with van der Waals surface area (Å²) in [5.74, 6) is 0.663. The lowest BCUT2D eigenvalue weighted by Crippen LogP contribution is -1.97. The van der Waals surface area contributed by atoms with E-state index in [1.807, 2.05) is 54.6 Å². The molecule has 206 valence electrons. The van der Waals surface area contributed by atoms with Crippen LogP contribution >= 0.6 is 0 Å². The second-order valence-corrected chi connectivity index (χ2v) is 11.0. The lowest BCUT2D eigenvalue weighted by molar-refractivity contribution is 0.669. The SMILES string of the molecule is c1ccc(-c2cc(-c3ccccc3)nc(-c3cccc4oc5cccc(-n6c7ccccc7c7ccccc76)c5c34)n2)cc1. The summed E-state index contributed by atoms with van der Waals surface area (Å²) in [5.41, 5.74) is 9.78. The van der Waals surface area contributed by atoms with Crippen LogP contribution < -0.4 is 0 Å². The summed E-state index contributed by atoms with van der Waals surface area (Å²) < 4.78 is 8.89. The molecule has 0 N–H and O–H groups in total. The van der Waals surface area contributed by atoms with Crippen molar-refractivity contribution in [3.8, 4) is 39.6 Å². The molecule has 0 amide bonds. The summed E-state index contributed by atoms with van der Waals surface area (Å²) in [4.78, 5) is 10.3. The highest BCUT2D eigenvalue weighted by Crippen LogP contribution is 2.42. The van der Waals surface area contributed by atoms with Gasteiger partial charge in [-0.05, 0) is 36.4 Å². The molecule has 0 unspecified atom stereocenters. The van der Waals surface area contributed by atoms with E-state index in [-0.39, 0.29) is 0 Å². The van der Waals surface area contributed by atoms with Crippen molar-refractivity contribution in [3.63, 3.8) is 0 Å². The molecule has 0 aliphatic carbocycles. The Morgan fingerprint density at radius 3 is 1.59 bits per heavy atom. The van der Waals surface area contributed by atoms with E-state index < -0.39 is 0 Å². The number of hydrogen-bond acceptors (Lipinski definition) is 3. The van der Waals surface area contributed by atoms with Gasteiger partial charge in [0.15, 0.2) is 5.82 Å². The van der Waals surface area contributed by atoms with Crippen LogP contribution in [0, 0.1) is 0 Å². The quantitative estimate of drug-likeness (QED) is 0.214. The van der Waals surface area contributed by atoms with Crippen LogP contribution in [0.3, 0.4) is 0 Å². The zero-order valence-electron chi connectivity index (χ0n) is 23.7. The number of aromatic nitrogens is 3. The molecule has 3 aromatic heterocycles. The van der Waals surface area contributed by atoms with E-state index in [1.165, 1.54) is 10.8 Å². The van der Waals surface area contributed by atoms with Gasteiger partial charge in [0.25, 0.3) is 0 Å². The number of furan rings is 1. The third-order valence-corrected chi connectivity index (χ3v) is 8.43. The summed E-state index contributed by atoms with van der Waals surface area (Å²) in [6.07, 6.45) is 0. The zero-order chi connectivity index (χ0) is 29.0. The Morgan fingerprint density at radius 2 is 0.977 bits per heavy atom. The van der Waals surface area contributed by atoms with Crippen molar-refractivity contribution in [2.75, 3.05) is 0 Å². The average molecular weight is 564 g/mol. The van der Waals surface area contributed by atoms with Crippen LogP contribution in [0.2, 0.25) is 0 Å². The molecule has 0 saturated heterocycles. The number of para-hydroxylation sites is 2. The third kappa shape index (κ3) is 3.78. The van der Waals surface area contributed by atoms with Gasteiger partial charge in [0.05, 0.1) is 33.5 Å². The lowest BCUT2D eigenvalue weighted by atomic mass is 10.0. The molecule has 9 rings (SSSR count). The topological polar surface area (TPSA) is 43.9 Å². The Balaban J connectivity index is 1.37. The predicted molar refractivity (Wildman–Crippen MR) is 180 cm³/mol. The summed E-state index contributed by atoms with van der Waals surface area (Å²) in [6, 6.07) is 52.3. The molecule has 6 aromatic carbocycles. The largest absolute Gasteiger partial charge is 0.456 e. The monoisotopic (exact) mass is 563 g/mol. The minimum atomic E-state index is 0.663. The maximum absolute atomic E-state index is 6.54. The van der Waals surface area contributed by atoms with Crippen molar-refractivity contribution in [2.24, 2.45) is 0 Å². The van der Waals surface area contributed by atoms with Crippen molar-refractivity contribution < 1.29 is 4.42 Å². The van der Waals surface area contributed by atoms with Crippen LogP contribution in [0.1, 0.15) is 0 Å². The summed E-state index contributed by atoms with van der Waals surface area (Å²) >= 11 is 0. The first-order valence-corrected chi connectivity index (χ1v) is 14.8. The van der Waals surface area contributed by atoms with Crippen LogP contribution in [0.4, 0.5) is 0 Å². The zero-order valence-corrected chi connectivity index (χ0v) is 23.7. The number of rotatable bonds is 4. The van der Waals surface area contributed by atoms with E-state index in [4.69, 9.17) is 14.4 Å². The van der Waals surface area contributed by atoms with Crippen molar-refractivity contribution in [1.82, 2.24) is 14.5 Å². The Bertz CT molecular complexity index is 2380. The predicted octanol–water partition coefficient (Wildman–Crippen LogP) is 10.5. The van der Waals surface area contributed by atoms with Crippen LogP contribution in [0.15, 0.2) is 156 Å². The van der Waals surface area contributed by atoms with Gasteiger partial charge in [-0.1, -0.05) is 115 Å². The highest BCUT2D eigenvalue weighted by atomic mass is 16.3. The average Bonchev–Trinajstić information content (AvgIpc) is 3.65. The smallest absolute Gasteiger partial charge is 0.161 e. The number of nitrogens with zero attached hydrogens (tertiary/aromatic N) is 3. The standard InChI is InChI=1S/C40H25N3O/c1-3-13-26(14-4-1)31-25-32(27-15-5-2-6-16-27)42-40(41-31)30-19-11-23-36-38(30)39-35(22-12-24-37(39)44-36)43-33-20-9-7-17-28(33)29-18-8-10-21-34(29)43/h1-25H. The molecule has 0 fully saturated rings. The Hall–Kier alpha value is -6.00. The van der Waals surface area contributed by atoms with E-state index >= 15 is 0 Å². The van der Waals surface area contributed by atoms with Gasteiger partial charge in [0.2, 0.25) is 0 Å². The van der Waals surface area contributed by atoms with Gasteiger partial charge in [-0.3, -0.25) is 0 Å². The van der Waals surface area contributed by atoms with Gasteiger partial charge < -0.3 is 8.98 Å².